The van der Waals surface area contributed by atoms with E-state index in [2.05, 4.69) is 24.5 Å². The molecule has 102 valence electrons. The van der Waals surface area contributed by atoms with Gasteiger partial charge in [0.05, 0.1) is 6.42 Å². The molecule has 0 aromatic rings. The van der Waals surface area contributed by atoms with Gasteiger partial charge in [-0.15, -0.1) is 0 Å². The maximum atomic E-state index is 12.2. The fraction of sp³-hybridized carbons (Fsp3) is 1.00. The molecule has 1 heterocycles. The number of halogens is 3. The van der Waals surface area contributed by atoms with E-state index in [0.29, 0.717) is 12.5 Å². The molecule has 0 aliphatic carbocycles. The Kier molecular flexibility index (Phi) is 4.84. The van der Waals surface area contributed by atoms with Gasteiger partial charge in [0.25, 0.3) is 0 Å². The lowest BCUT2D eigenvalue weighted by molar-refractivity contribution is -0.139. The van der Waals surface area contributed by atoms with Crippen molar-refractivity contribution in [1.82, 2.24) is 10.6 Å². The van der Waals surface area contributed by atoms with Crippen LogP contribution < -0.4 is 10.6 Å². The Morgan fingerprint density at radius 1 is 1.29 bits per heavy atom. The van der Waals surface area contributed by atoms with Crippen LogP contribution in [0.1, 0.15) is 33.6 Å². The molecule has 1 aliphatic heterocycles. The maximum absolute atomic E-state index is 12.2. The second-order valence-electron chi connectivity index (χ2n) is 5.55. The van der Waals surface area contributed by atoms with Gasteiger partial charge in [-0.2, -0.15) is 13.2 Å². The molecule has 1 saturated heterocycles. The predicted molar refractivity (Wildman–Crippen MR) is 62.9 cm³/mol. The van der Waals surface area contributed by atoms with Gasteiger partial charge in [0.2, 0.25) is 0 Å². The smallest absolute Gasteiger partial charge is 0.316 e. The molecule has 0 aromatic carbocycles. The second kappa shape index (κ2) is 5.57. The van der Waals surface area contributed by atoms with Gasteiger partial charge in [-0.05, 0) is 31.2 Å². The Balaban J connectivity index is 2.42. The third-order valence-corrected chi connectivity index (χ3v) is 3.84. The lowest BCUT2D eigenvalue weighted by Gasteiger charge is -2.34. The van der Waals surface area contributed by atoms with Crippen LogP contribution in [0.15, 0.2) is 0 Å². The van der Waals surface area contributed by atoms with Crippen LogP contribution in [0.4, 0.5) is 13.2 Å². The van der Waals surface area contributed by atoms with Crippen LogP contribution in [0.3, 0.4) is 0 Å². The number of nitrogens with one attached hydrogen (secondary N) is 2. The normalized spacial score (nSPS) is 27.7. The first-order chi connectivity index (χ1) is 7.75. The van der Waals surface area contributed by atoms with Crippen LogP contribution in [-0.4, -0.2) is 31.9 Å². The van der Waals surface area contributed by atoms with Crippen LogP contribution in [0, 0.1) is 11.3 Å². The van der Waals surface area contributed by atoms with E-state index in [1.54, 1.807) is 6.92 Å². The zero-order chi connectivity index (χ0) is 13.1. The van der Waals surface area contributed by atoms with E-state index >= 15 is 0 Å². The largest absolute Gasteiger partial charge is 0.390 e. The molecule has 17 heavy (non-hydrogen) atoms. The number of hydrogen-bond donors (Lipinski definition) is 2. The van der Waals surface area contributed by atoms with Crippen molar-refractivity contribution in [3.63, 3.8) is 0 Å². The van der Waals surface area contributed by atoms with Crippen LogP contribution in [-0.2, 0) is 0 Å². The summed E-state index contributed by atoms with van der Waals surface area (Å²) in [4.78, 5) is 0. The van der Waals surface area contributed by atoms with E-state index in [0.717, 1.165) is 19.5 Å². The first kappa shape index (κ1) is 14.8. The quantitative estimate of drug-likeness (QED) is 0.785. The summed E-state index contributed by atoms with van der Waals surface area (Å²) in [5.41, 5.74) is 0.111. The summed E-state index contributed by atoms with van der Waals surface area (Å²) in [7, 11) is 0. The lowest BCUT2D eigenvalue weighted by Crippen LogP contribution is -2.44. The Morgan fingerprint density at radius 3 is 2.35 bits per heavy atom. The van der Waals surface area contributed by atoms with Gasteiger partial charge in [-0.3, -0.25) is 0 Å². The van der Waals surface area contributed by atoms with Crippen molar-refractivity contribution in [3.8, 4) is 0 Å². The van der Waals surface area contributed by atoms with Crippen LogP contribution >= 0.6 is 0 Å². The monoisotopic (exact) mass is 252 g/mol. The van der Waals surface area contributed by atoms with Crippen LogP contribution in [0.5, 0.6) is 0 Å². The summed E-state index contributed by atoms with van der Waals surface area (Å²) in [6.45, 7) is 8.41. The Bertz CT molecular complexity index is 232. The van der Waals surface area contributed by atoms with Gasteiger partial charge in [-0.25, -0.2) is 0 Å². The van der Waals surface area contributed by atoms with Crippen molar-refractivity contribution >= 4 is 0 Å². The Morgan fingerprint density at radius 2 is 1.94 bits per heavy atom. The molecule has 2 atom stereocenters. The van der Waals surface area contributed by atoms with Gasteiger partial charge in [0.1, 0.15) is 0 Å². The molecule has 2 N–H and O–H groups in total. The lowest BCUT2D eigenvalue weighted by atomic mass is 9.76. The van der Waals surface area contributed by atoms with E-state index < -0.39 is 18.6 Å². The van der Waals surface area contributed by atoms with Crippen molar-refractivity contribution in [2.75, 3.05) is 19.6 Å². The highest BCUT2D eigenvalue weighted by molar-refractivity contribution is 4.92. The van der Waals surface area contributed by atoms with E-state index in [4.69, 9.17) is 0 Å². The minimum atomic E-state index is -4.08. The predicted octanol–water partition coefficient (Wildman–Crippen LogP) is 2.55. The molecule has 0 aromatic heterocycles. The molecule has 2 nitrogen and oxygen atoms in total. The molecule has 0 amide bonds. The van der Waals surface area contributed by atoms with E-state index in [1.165, 1.54) is 0 Å². The van der Waals surface area contributed by atoms with E-state index in [9.17, 15) is 13.2 Å². The third kappa shape index (κ3) is 4.47. The van der Waals surface area contributed by atoms with Gasteiger partial charge in [0, 0.05) is 19.1 Å². The highest BCUT2D eigenvalue weighted by atomic mass is 19.4. The Hall–Kier alpha value is -0.290. The van der Waals surface area contributed by atoms with Crippen molar-refractivity contribution in [3.05, 3.63) is 0 Å². The van der Waals surface area contributed by atoms with Gasteiger partial charge < -0.3 is 10.6 Å². The van der Waals surface area contributed by atoms with Crippen molar-refractivity contribution in [2.24, 2.45) is 11.3 Å². The van der Waals surface area contributed by atoms with E-state index in [-0.39, 0.29) is 5.41 Å². The van der Waals surface area contributed by atoms with Crippen molar-refractivity contribution in [1.29, 1.82) is 0 Å². The summed E-state index contributed by atoms with van der Waals surface area (Å²) in [5.74, 6) is 0.475. The summed E-state index contributed by atoms with van der Waals surface area (Å²) < 4.78 is 36.6. The van der Waals surface area contributed by atoms with Gasteiger partial charge in [-0.1, -0.05) is 13.8 Å². The molecule has 0 spiro atoms. The maximum Gasteiger partial charge on any atom is 0.390 e. The molecule has 0 bridgehead atoms. The van der Waals surface area contributed by atoms with Crippen molar-refractivity contribution in [2.45, 2.75) is 45.8 Å². The first-order valence-corrected chi connectivity index (χ1v) is 6.26. The average Bonchev–Trinajstić information content (AvgIpc) is 2.61. The minimum Gasteiger partial charge on any atom is -0.316 e. The summed E-state index contributed by atoms with van der Waals surface area (Å²) >= 11 is 0. The fourth-order valence-electron chi connectivity index (χ4n) is 2.41. The number of alkyl halides is 3. The summed E-state index contributed by atoms with van der Waals surface area (Å²) in [5, 5.41) is 6.35. The summed E-state index contributed by atoms with van der Waals surface area (Å²) in [6.07, 6.45) is -3.80. The molecule has 5 heteroatoms. The highest BCUT2D eigenvalue weighted by Gasteiger charge is 2.37. The molecule has 0 radical (unpaired) electrons. The van der Waals surface area contributed by atoms with E-state index in [1.807, 2.05) is 0 Å². The zero-order valence-corrected chi connectivity index (χ0v) is 10.8. The average molecular weight is 252 g/mol. The van der Waals surface area contributed by atoms with Gasteiger partial charge in [0.15, 0.2) is 0 Å². The first-order valence-electron chi connectivity index (χ1n) is 6.26. The standard InChI is InChI=1S/C12H23F3N2/c1-9(2)11(4-5-16-7-11)8-17-10(3)6-12(13,14)15/h9-10,16-17H,4-8H2,1-3H3. The third-order valence-electron chi connectivity index (χ3n) is 3.84. The fourth-order valence-corrected chi connectivity index (χ4v) is 2.41. The van der Waals surface area contributed by atoms with Crippen molar-refractivity contribution < 1.29 is 13.2 Å². The molecular formula is C12H23F3N2. The topological polar surface area (TPSA) is 24.1 Å². The second-order valence-corrected chi connectivity index (χ2v) is 5.55. The molecule has 2 unspecified atom stereocenters. The molecular weight excluding hydrogens is 229 g/mol. The van der Waals surface area contributed by atoms with Crippen LogP contribution in [0.25, 0.3) is 0 Å². The molecule has 1 fully saturated rings. The molecule has 1 rings (SSSR count). The minimum absolute atomic E-state index is 0.111. The van der Waals surface area contributed by atoms with Gasteiger partial charge >= 0.3 is 6.18 Å². The SMILES string of the molecule is CC(CC(F)(F)F)NCC1(C(C)C)CCNC1. The number of hydrogen-bond acceptors (Lipinski definition) is 2. The Labute approximate surface area is 101 Å². The molecule has 1 aliphatic rings. The van der Waals surface area contributed by atoms with Crippen LogP contribution in [0.2, 0.25) is 0 Å². The highest BCUT2D eigenvalue weighted by Crippen LogP contribution is 2.33. The number of rotatable bonds is 5. The molecule has 0 saturated carbocycles. The summed E-state index contributed by atoms with van der Waals surface area (Å²) in [6, 6.07) is -0.508. The zero-order valence-electron chi connectivity index (χ0n) is 10.8.